The summed E-state index contributed by atoms with van der Waals surface area (Å²) < 4.78 is 0. The molecule has 0 aromatic heterocycles. The predicted molar refractivity (Wildman–Crippen MR) is 89.1 cm³/mol. The Morgan fingerprint density at radius 2 is 2.00 bits per heavy atom. The summed E-state index contributed by atoms with van der Waals surface area (Å²) in [5.74, 6) is 0.724. The maximum atomic E-state index is 12.4. The maximum Gasteiger partial charge on any atom is 0.220 e. The molecule has 4 aliphatic rings. The molecule has 3 saturated heterocycles. The van der Waals surface area contributed by atoms with Gasteiger partial charge in [0.2, 0.25) is 5.91 Å². The van der Waals surface area contributed by atoms with Crippen LogP contribution in [0.15, 0.2) is 0 Å². The smallest absolute Gasteiger partial charge is 0.220 e. The highest BCUT2D eigenvalue weighted by molar-refractivity contribution is 5.77. The van der Waals surface area contributed by atoms with Crippen molar-refractivity contribution in [2.45, 2.75) is 70.8 Å². The molecule has 5 heteroatoms. The van der Waals surface area contributed by atoms with Gasteiger partial charge in [0.25, 0.3) is 0 Å². The largest absolute Gasteiger partial charge is 0.550 e. The second kappa shape index (κ2) is 7.42. The van der Waals surface area contributed by atoms with Crippen molar-refractivity contribution in [1.29, 1.82) is 0 Å². The van der Waals surface area contributed by atoms with E-state index >= 15 is 0 Å². The lowest BCUT2D eigenvalue weighted by Gasteiger charge is -2.46. The molecule has 3 heterocycles. The van der Waals surface area contributed by atoms with E-state index in [1.165, 1.54) is 32.4 Å². The van der Waals surface area contributed by atoms with Crippen LogP contribution in [0.2, 0.25) is 0 Å². The van der Waals surface area contributed by atoms with Crippen molar-refractivity contribution in [2.24, 2.45) is 17.3 Å². The lowest BCUT2D eigenvalue weighted by atomic mass is 9.74. The van der Waals surface area contributed by atoms with Gasteiger partial charge in [-0.2, -0.15) is 0 Å². The molecule has 0 radical (unpaired) electrons. The summed E-state index contributed by atoms with van der Waals surface area (Å²) in [4.78, 5) is 25.1. The van der Waals surface area contributed by atoms with Crippen LogP contribution in [0.1, 0.15) is 64.7 Å². The van der Waals surface area contributed by atoms with E-state index in [0.29, 0.717) is 12.5 Å². The van der Waals surface area contributed by atoms with Crippen molar-refractivity contribution in [3.63, 3.8) is 0 Å². The Bertz CT molecular complexity index is 473. The van der Waals surface area contributed by atoms with Crippen LogP contribution < -0.4 is 15.3 Å². The van der Waals surface area contributed by atoms with Gasteiger partial charge < -0.3 is 20.1 Å². The summed E-state index contributed by atoms with van der Waals surface area (Å²) in [5.41, 5.74) is -0.352. The van der Waals surface area contributed by atoms with E-state index in [4.69, 9.17) is 0 Å². The molecule has 4 atom stereocenters. The van der Waals surface area contributed by atoms with Crippen molar-refractivity contribution in [3.8, 4) is 0 Å². The van der Waals surface area contributed by atoms with Gasteiger partial charge in [-0.05, 0) is 37.0 Å². The zero-order valence-electron chi connectivity index (χ0n) is 14.9. The van der Waals surface area contributed by atoms with Crippen molar-refractivity contribution in [3.05, 3.63) is 0 Å². The van der Waals surface area contributed by atoms with Crippen LogP contribution in [0.5, 0.6) is 0 Å². The van der Waals surface area contributed by atoms with E-state index in [-0.39, 0.29) is 17.7 Å². The number of nitrogens with one attached hydrogen (secondary N) is 2. The molecule has 0 aromatic rings. The van der Waals surface area contributed by atoms with Gasteiger partial charge in [0.1, 0.15) is 6.04 Å². The number of carbonyl (C=O) groups is 2. The van der Waals surface area contributed by atoms with Crippen molar-refractivity contribution in [2.75, 3.05) is 19.6 Å². The number of aliphatic carboxylic acids is 1. The molecule has 24 heavy (non-hydrogen) atoms. The lowest BCUT2D eigenvalue weighted by Crippen LogP contribution is -3.20. The number of piperidine rings is 3. The van der Waals surface area contributed by atoms with E-state index in [2.05, 4.69) is 12.2 Å². The average Bonchev–Trinajstić information content (AvgIpc) is 3.00. The SMILES string of the molecule is CC[C@H]1C[NH+]2CC[C@H]1C[C@@H]2CNC(=O)CC1(CC(=O)[O-])CCCC1. The zero-order valence-corrected chi connectivity index (χ0v) is 14.9. The highest BCUT2D eigenvalue weighted by atomic mass is 16.4. The van der Waals surface area contributed by atoms with Gasteiger partial charge in [-0.3, -0.25) is 4.79 Å². The van der Waals surface area contributed by atoms with Crippen LogP contribution in [-0.4, -0.2) is 37.6 Å². The van der Waals surface area contributed by atoms with Crippen LogP contribution in [-0.2, 0) is 9.59 Å². The van der Waals surface area contributed by atoms with Crippen molar-refractivity contribution in [1.82, 2.24) is 5.32 Å². The fourth-order valence-electron chi connectivity index (χ4n) is 5.62. The normalized spacial score (nSPS) is 34.2. The Morgan fingerprint density at radius 1 is 1.25 bits per heavy atom. The summed E-state index contributed by atoms with van der Waals surface area (Å²) in [5, 5.41) is 14.2. The number of fused-ring (bicyclic) bond motifs is 3. The number of amides is 1. The number of hydrogen-bond donors (Lipinski definition) is 2. The molecular weight excluding hydrogens is 304 g/mol. The standard InChI is InChI=1S/C19H32N2O3/c1-2-14-13-21-8-5-15(14)9-16(21)12-20-17(22)10-19(11-18(23)24)6-3-4-7-19/h14-16H,2-13H2,1H3,(H,20,22)(H,23,24)/t14-,15-,16+/m0/s1. The Kier molecular flexibility index (Phi) is 5.48. The van der Waals surface area contributed by atoms with Crippen LogP contribution in [0.3, 0.4) is 0 Å². The van der Waals surface area contributed by atoms with E-state index < -0.39 is 5.97 Å². The quantitative estimate of drug-likeness (QED) is 0.682. The summed E-state index contributed by atoms with van der Waals surface area (Å²) >= 11 is 0. The molecule has 0 spiro atoms. The molecule has 136 valence electrons. The van der Waals surface area contributed by atoms with E-state index in [1.807, 2.05) is 0 Å². The molecule has 1 saturated carbocycles. The third kappa shape index (κ3) is 3.93. The first-order chi connectivity index (χ1) is 11.5. The third-order valence-electron chi connectivity index (χ3n) is 6.98. The molecular formula is C19H32N2O3. The molecule has 2 bridgehead atoms. The number of carbonyl (C=O) groups excluding carboxylic acids is 2. The third-order valence-corrected chi connectivity index (χ3v) is 6.98. The van der Waals surface area contributed by atoms with Crippen LogP contribution in [0, 0.1) is 17.3 Å². The topological polar surface area (TPSA) is 73.7 Å². The molecule has 4 rings (SSSR count). The minimum atomic E-state index is -1.02. The molecule has 4 fully saturated rings. The van der Waals surface area contributed by atoms with Gasteiger partial charge in [-0.1, -0.05) is 19.8 Å². The van der Waals surface area contributed by atoms with Crippen LogP contribution in [0.25, 0.3) is 0 Å². The van der Waals surface area contributed by atoms with Crippen molar-refractivity contribution < 1.29 is 19.6 Å². The Balaban J connectivity index is 1.48. The average molecular weight is 336 g/mol. The highest BCUT2D eigenvalue weighted by Crippen LogP contribution is 2.43. The molecule has 1 amide bonds. The maximum absolute atomic E-state index is 12.4. The van der Waals surface area contributed by atoms with Gasteiger partial charge in [-0.15, -0.1) is 0 Å². The molecule has 5 nitrogen and oxygen atoms in total. The fraction of sp³-hybridized carbons (Fsp3) is 0.895. The second-order valence-corrected chi connectivity index (χ2v) is 8.50. The first-order valence-electron chi connectivity index (χ1n) is 9.82. The Hall–Kier alpha value is -1.10. The molecule has 1 aliphatic carbocycles. The summed E-state index contributed by atoms with van der Waals surface area (Å²) in [7, 11) is 0. The first-order valence-corrected chi connectivity index (χ1v) is 9.82. The number of rotatable bonds is 7. The second-order valence-electron chi connectivity index (χ2n) is 8.50. The van der Waals surface area contributed by atoms with E-state index in [9.17, 15) is 14.7 Å². The minimum Gasteiger partial charge on any atom is -0.550 e. The monoisotopic (exact) mass is 336 g/mol. The van der Waals surface area contributed by atoms with E-state index in [0.717, 1.165) is 44.1 Å². The van der Waals surface area contributed by atoms with Gasteiger partial charge in [0, 0.05) is 31.1 Å². The molecule has 3 aliphatic heterocycles. The number of hydrogen-bond acceptors (Lipinski definition) is 3. The zero-order chi connectivity index (χ0) is 17.2. The first kappa shape index (κ1) is 17.7. The summed E-state index contributed by atoms with van der Waals surface area (Å²) in [6, 6.07) is 0.552. The number of carboxylic acid groups (broad SMARTS) is 1. The summed E-state index contributed by atoms with van der Waals surface area (Å²) in [6.45, 7) is 5.55. The van der Waals surface area contributed by atoms with Crippen molar-refractivity contribution >= 4 is 11.9 Å². The molecule has 1 unspecified atom stereocenters. The van der Waals surface area contributed by atoms with Gasteiger partial charge in [0.15, 0.2) is 0 Å². The predicted octanol–water partition coefficient (Wildman–Crippen LogP) is -0.104. The van der Waals surface area contributed by atoms with E-state index in [1.54, 1.807) is 4.90 Å². The number of carboxylic acids is 1. The van der Waals surface area contributed by atoms with Crippen LogP contribution >= 0.6 is 0 Å². The summed E-state index contributed by atoms with van der Waals surface area (Å²) in [6.07, 6.45) is 7.98. The minimum absolute atomic E-state index is 0.0292. The fourth-order valence-corrected chi connectivity index (χ4v) is 5.62. The Morgan fingerprint density at radius 3 is 2.58 bits per heavy atom. The van der Waals surface area contributed by atoms with Crippen LogP contribution in [0.4, 0.5) is 0 Å². The molecule has 0 aromatic carbocycles. The van der Waals surface area contributed by atoms with Gasteiger partial charge in [0.05, 0.1) is 19.6 Å². The lowest BCUT2D eigenvalue weighted by molar-refractivity contribution is -0.945. The Labute approximate surface area is 145 Å². The molecule has 2 N–H and O–H groups in total. The van der Waals surface area contributed by atoms with Gasteiger partial charge in [-0.25, -0.2) is 0 Å². The number of quaternary nitrogens is 1. The van der Waals surface area contributed by atoms with Gasteiger partial charge >= 0.3 is 0 Å². The highest BCUT2D eigenvalue weighted by Gasteiger charge is 2.43.